The standard InChI is InChI=1S/C29H23N3O3/c1-32-25-13-7-5-12-24(25)27(29(32)34)30-31-28(33)22-17-15-20(16-18-22)19-35-26-14-8-6-11-23(26)21-9-3-2-4-10-21/h2-18,34H,19H2,1H3. The summed E-state index contributed by atoms with van der Waals surface area (Å²) in [5, 5.41) is 19.0. The van der Waals surface area contributed by atoms with Gasteiger partial charge >= 0.3 is 0 Å². The molecule has 0 saturated heterocycles. The Kier molecular flexibility index (Phi) is 6.09. The van der Waals surface area contributed by atoms with Crippen LogP contribution in [-0.2, 0) is 13.7 Å². The van der Waals surface area contributed by atoms with Gasteiger partial charge in [0.05, 0.1) is 5.52 Å². The van der Waals surface area contributed by atoms with Crippen molar-refractivity contribution in [1.82, 2.24) is 4.57 Å². The Morgan fingerprint density at radius 2 is 1.54 bits per heavy atom. The lowest BCUT2D eigenvalue weighted by Crippen LogP contribution is -1.99. The van der Waals surface area contributed by atoms with Gasteiger partial charge in [-0.1, -0.05) is 78.9 Å². The van der Waals surface area contributed by atoms with Crippen LogP contribution in [0.5, 0.6) is 11.6 Å². The molecular weight excluding hydrogens is 438 g/mol. The van der Waals surface area contributed by atoms with Crippen LogP contribution in [0.1, 0.15) is 15.9 Å². The number of hydrogen-bond acceptors (Lipinski definition) is 4. The Balaban J connectivity index is 1.28. The molecule has 0 radical (unpaired) electrons. The van der Waals surface area contributed by atoms with Crippen LogP contribution in [0.4, 0.5) is 5.69 Å². The Morgan fingerprint density at radius 3 is 2.34 bits per heavy atom. The number of rotatable bonds is 6. The van der Waals surface area contributed by atoms with Crippen molar-refractivity contribution in [3.8, 4) is 22.8 Å². The van der Waals surface area contributed by atoms with E-state index in [2.05, 4.69) is 22.4 Å². The summed E-state index contributed by atoms with van der Waals surface area (Å²) in [7, 11) is 1.73. The number of carbonyl (C=O) groups excluding carboxylic acids is 1. The zero-order valence-corrected chi connectivity index (χ0v) is 19.1. The molecule has 0 saturated carbocycles. The van der Waals surface area contributed by atoms with Crippen LogP contribution >= 0.6 is 0 Å². The first-order chi connectivity index (χ1) is 17.1. The van der Waals surface area contributed by atoms with Crippen molar-refractivity contribution in [3.05, 3.63) is 114 Å². The van der Waals surface area contributed by atoms with Crippen molar-refractivity contribution >= 4 is 22.5 Å². The maximum Gasteiger partial charge on any atom is 0.295 e. The number of carbonyl (C=O) groups is 1. The molecule has 35 heavy (non-hydrogen) atoms. The summed E-state index contributed by atoms with van der Waals surface area (Å²) in [5.74, 6) is 0.271. The van der Waals surface area contributed by atoms with Crippen LogP contribution in [0.15, 0.2) is 113 Å². The van der Waals surface area contributed by atoms with Gasteiger partial charge in [-0.15, -0.1) is 10.2 Å². The molecule has 1 N–H and O–H groups in total. The molecule has 0 aliphatic carbocycles. The average molecular weight is 462 g/mol. The lowest BCUT2D eigenvalue weighted by Gasteiger charge is -2.12. The number of aromatic nitrogens is 1. The largest absolute Gasteiger partial charge is 0.493 e. The highest BCUT2D eigenvalue weighted by Gasteiger charge is 2.14. The third kappa shape index (κ3) is 4.54. The van der Waals surface area contributed by atoms with E-state index in [1.54, 1.807) is 23.7 Å². The van der Waals surface area contributed by atoms with E-state index in [1.807, 2.05) is 78.9 Å². The van der Waals surface area contributed by atoms with Gasteiger partial charge < -0.3 is 14.4 Å². The molecule has 5 aromatic rings. The summed E-state index contributed by atoms with van der Waals surface area (Å²) < 4.78 is 7.69. The quantitative estimate of drug-likeness (QED) is 0.275. The second-order valence-corrected chi connectivity index (χ2v) is 8.10. The maximum absolute atomic E-state index is 12.6. The summed E-state index contributed by atoms with van der Waals surface area (Å²) in [5.41, 5.74) is 4.53. The lowest BCUT2D eigenvalue weighted by molar-refractivity contribution is 0.0995. The van der Waals surface area contributed by atoms with E-state index in [4.69, 9.17) is 4.74 Å². The number of para-hydroxylation sites is 2. The smallest absolute Gasteiger partial charge is 0.295 e. The van der Waals surface area contributed by atoms with E-state index in [1.165, 1.54) is 0 Å². The van der Waals surface area contributed by atoms with E-state index in [0.717, 1.165) is 33.3 Å². The maximum atomic E-state index is 12.6. The van der Waals surface area contributed by atoms with E-state index in [0.29, 0.717) is 12.2 Å². The lowest BCUT2D eigenvalue weighted by atomic mass is 10.0. The molecule has 172 valence electrons. The van der Waals surface area contributed by atoms with E-state index in [-0.39, 0.29) is 11.6 Å². The fourth-order valence-electron chi connectivity index (χ4n) is 3.96. The van der Waals surface area contributed by atoms with Crippen LogP contribution in [-0.4, -0.2) is 15.6 Å². The fourth-order valence-corrected chi connectivity index (χ4v) is 3.96. The van der Waals surface area contributed by atoms with Crippen LogP contribution < -0.4 is 4.74 Å². The summed E-state index contributed by atoms with van der Waals surface area (Å²) in [4.78, 5) is 12.6. The molecule has 1 heterocycles. The second-order valence-electron chi connectivity index (χ2n) is 8.10. The molecule has 0 aliphatic heterocycles. The van der Waals surface area contributed by atoms with Crippen molar-refractivity contribution in [2.75, 3.05) is 0 Å². The number of fused-ring (bicyclic) bond motifs is 1. The monoisotopic (exact) mass is 461 g/mol. The molecule has 6 heteroatoms. The minimum Gasteiger partial charge on any atom is -0.493 e. The van der Waals surface area contributed by atoms with E-state index in [9.17, 15) is 9.90 Å². The summed E-state index contributed by atoms with van der Waals surface area (Å²) in [6.45, 7) is 0.365. The molecule has 0 fully saturated rings. The number of hydrogen-bond donors (Lipinski definition) is 1. The number of benzene rings is 4. The van der Waals surface area contributed by atoms with Crippen LogP contribution in [0.25, 0.3) is 22.0 Å². The molecular formula is C29H23N3O3. The molecule has 0 aliphatic rings. The highest BCUT2D eigenvalue weighted by atomic mass is 16.5. The predicted octanol–water partition coefficient (Wildman–Crippen LogP) is 7.05. The Bertz CT molecular complexity index is 1520. The third-order valence-corrected chi connectivity index (χ3v) is 5.86. The minimum absolute atomic E-state index is 0.0361. The van der Waals surface area contributed by atoms with Crippen LogP contribution in [0.3, 0.4) is 0 Å². The first-order valence-electron chi connectivity index (χ1n) is 11.2. The highest BCUT2D eigenvalue weighted by Crippen LogP contribution is 2.37. The highest BCUT2D eigenvalue weighted by molar-refractivity contribution is 5.97. The molecule has 0 spiro atoms. The molecule has 0 unspecified atom stereocenters. The topological polar surface area (TPSA) is 76.2 Å². The van der Waals surface area contributed by atoms with Gasteiger partial charge in [-0.3, -0.25) is 4.79 Å². The minimum atomic E-state index is -0.487. The van der Waals surface area contributed by atoms with Gasteiger partial charge in [-0.2, -0.15) is 0 Å². The average Bonchev–Trinajstić information content (AvgIpc) is 3.16. The first-order valence-corrected chi connectivity index (χ1v) is 11.2. The molecule has 0 atom stereocenters. The van der Waals surface area contributed by atoms with Crippen molar-refractivity contribution in [3.63, 3.8) is 0 Å². The Hall–Kier alpha value is -4.71. The number of azo groups is 1. The van der Waals surface area contributed by atoms with Crippen molar-refractivity contribution in [2.24, 2.45) is 17.3 Å². The van der Waals surface area contributed by atoms with Crippen molar-refractivity contribution in [1.29, 1.82) is 0 Å². The molecule has 6 nitrogen and oxygen atoms in total. The van der Waals surface area contributed by atoms with Gasteiger partial charge in [-0.05, 0) is 35.4 Å². The van der Waals surface area contributed by atoms with Gasteiger partial charge in [0.25, 0.3) is 5.91 Å². The van der Waals surface area contributed by atoms with Crippen molar-refractivity contribution < 1.29 is 14.6 Å². The Morgan fingerprint density at radius 1 is 0.857 bits per heavy atom. The first kappa shape index (κ1) is 22.1. The Labute approximate surface area is 202 Å². The van der Waals surface area contributed by atoms with Gasteiger partial charge in [0.1, 0.15) is 12.4 Å². The van der Waals surface area contributed by atoms with Crippen LogP contribution in [0.2, 0.25) is 0 Å². The SMILES string of the molecule is Cn1c(O)c(N=NC(=O)c2ccc(COc3ccccc3-c3ccccc3)cc2)c2ccccc21. The van der Waals surface area contributed by atoms with Gasteiger partial charge in [-0.25, -0.2) is 0 Å². The molecule has 5 rings (SSSR count). The molecule has 1 aromatic heterocycles. The van der Waals surface area contributed by atoms with Gasteiger partial charge in [0, 0.05) is 23.6 Å². The number of aryl methyl sites for hydroxylation is 1. The summed E-state index contributed by atoms with van der Waals surface area (Å²) in [6.07, 6.45) is 0. The molecule has 0 bridgehead atoms. The van der Waals surface area contributed by atoms with E-state index < -0.39 is 5.91 Å². The zero-order valence-electron chi connectivity index (χ0n) is 19.1. The summed E-state index contributed by atoms with van der Waals surface area (Å²) >= 11 is 0. The number of amides is 1. The molecule has 4 aromatic carbocycles. The second kappa shape index (κ2) is 9.65. The van der Waals surface area contributed by atoms with Crippen LogP contribution in [0, 0.1) is 0 Å². The van der Waals surface area contributed by atoms with Gasteiger partial charge in [0.15, 0.2) is 5.69 Å². The molecule has 1 amide bonds. The number of aromatic hydroxyl groups is 1. The third-order valence-electron chi connectivity index (χ3n) is 5.86. The predicted molar refractivity (Wildman–Crippen MR) is 136 cm³/mol. The van der Waals surface area contributed by atoms with Crippen molar-refractivity contribution in [2.45, 2.75) is 6.61 Å². The normalized spacial score (nSPS) is 11.2. The fraction of sp³-hybridized carbons (Fsp3) is 0.0690. The van der Waals surface area contributed by atoms with Gasteiger partial charge in [0.2, 0.25) is 5.88 Å². The zero-order chi connectivity index (χ0) is 24.2. The summed E-state index contributed by atoms with van der Waals surface area (Å²) in [6, 6.07) is 32.5. The number of ether oxygens (including phenoxy) is 1. The number of nitrogens with zero attached hydrogens (tertiary/aromatic N) is 3. The van der Waals surface area contributed by atoms with E-state index >= 15 is 0 Å².